The maximum Gasteiger partial charge on any atom is 0.334 e. The molecule has 0 radical (unpaired) electrons. The van der Waals surface area contributed by atoms with Crippen LogP contribution >= 0.6 is 0 Å². The number of hydrogen-bond donors (Lipinski definition) is 3. The Morgan fingerprint density at radius 2 is 2.13 bits per heavy atom. The Morgan fingerprint density at radius 1 is 1.53 bits per heavy atom. The largest absolute Gasteiger partial charge is 0.506 e. The van der Waals surface area contributed by atoms with E-state index in [4.69, 9.17) is 9.84 Å². The van der Waals surface area contributed by atoms with Gasteiger partial charge in [-0.05, 0) is 19.9 Å². The van der Waals surface area contributed by atoms with Crippen LogP contribution < -0.4 is 0 Å². The third-order valence-electron chi connectivity index (χ3n) is 1.91. The summed E-state index contributed by atoms with van der Waals surface area (Å²) in [5, 5.41) is 27.6. The maximum absolute atomic E-state index is 11.4. The minimum Gasteiger partial charge on any atom is -0.506 e. The highest BCUT2D eigenvalue weighted by molar-refractivity contribution is 5.89. The molecule has 0 spiro atoms. The molecule has 0 heterocycles. The number of rotatable bonds is 2. The minimum absolute atomic E-state index is 0.0541. The SMILES string of the molecule is CC(C)OC(=O)C1=CC(O)=C(O)C(O)C1. The second kappa shape index (κ2) is 4.35. The van der Waals surface area contributed by atoms with Crippen LogP contribution in [0.3, 0.4) is 0 Å². The van der Waals surface area contributed by atoms with Crippen LogP contribution in [-0.2, 0) is 9.53 Å². The zero-order valence-electron chi connectivity index (χ0n) is 8.60. The summed E-state index contributed by atoms with van der Waals surface area (Å²) in [7, 11) is 0. The first-order valence-corrected chi connectivity index (χ1v) is 4.63. The first kappa shape index (κ1) is 11.6. The Kier molecular flexibility index (Phi) is 3.36. The molecule has 1 rings (SSSR count). The molecule has 0 aliphatic heterocycles. The molecule has 84 valence electrons. The Balaban J connectivity index is 2.81. The fourth-order valence-corrected chi connectivity index (χ4v) is 1.21. The lowest BCUT2D eigenvalue weighted by Crippen LogP contribution is -2.23. The van der Waals surface area contributed by atoms with Crippen LogP contribution in [0.15, 0.2) is 23.2 Å². The summed E-state index contributed by atoms with van der Waals surface area (Å²) in [5.41, 5.74) is 0.145. The van der Waals surface area contributed by atoms with Crippen LogP contribution in [0.25, 0.3) is 0 Å². The number of aliphatic hydroxyl groups excluding tert-OH is 3. The Labute approximate surface area is 87.3 Å². The molecule has 1 unspecified atom stereocenters. The molecule has 0 saturated heterocycles. The summed E-state index contributed by atoms with van der Waals surface area (Å²) in [5.74, 6) is -1.61. The summed E-state index contributed by atoms with van der Waals surface area (Å²) >= 11 is 0. The van der Waals surface area contributed by atoms with E-state index in [1.165, 1.54) is 0 Å². The number of carbonyl (C=O) groups excluding carboxylic acids is 1. The number of aliphatic hydroxyl groups is 3. The van der Waals surface area contributed by atoms with Gasteiger partial charge in [-0.2, -0.15) is 0 Å². The monoisotopic (exact) mass is 214 g/mol. The van der Waals surface area contributed by atoms with E-state index >= 15 is 0 Å². The molecule has 0 fully saturated rings. The molecule has 0 aromatic heterocycles. The van der Waals surface area contributed by atoms with Crippen LogP contribution in [0.1, 0.15) is 20.3 Å². The minimum atomic E-state index is -1.25. The number of esters is 1. The lowest BCUT2D eigenvalue weighted by Gasteiger charge is -2.18. The van der Waals surface area contributed by atoms with Gasteiger partial charge in [0, 0.05) is 12.0 Å². The van der Waals surface area contributed by atoms with Gasteiger partial charge in [0.25, 0.3) is 0 Å². The van der Waals surface area contributed by atoms with Crippen molar-refractivity contribution in [1.29, 1.82) is 0 Å². The zero-order valence-corrected chi connectivity index (χ0v) is 8.60. The molecule has 1 aliphatic rings. The average molecular weight is 214 g/mol. The molecule has 1 aliphatic carbocycles. The van der Waals surface area contributed by atoms with Crippen molar-refractivity contribution in [2.45, 2.75) is 32.5 Å². The van der Waals surface area contributed by atoms with Crippen LogP contribution in [0.2, 0.25) is 0 Å². The van der Waals surface area contributed by atoms with Crippen molar-refractivity contribution in [2.75, 3.05) is 0 Å². The normalized spacial score (nSPS) is 21.6. The van der Waals surface area contributed by atoms with E-state index in [0.717, 1.165) is 6.08 Å². The standard InChI is InChI=1S/C10H14O5/c1-5(2)15-10(14)6-3-7(11)9(13)8(12)4-6/h3,5,8,11-13H,4H2,1-2H3. The molecule has 0 aromatic carbocycles. The van der Waals surface area contributed by atoms with Gasteiger partial charge >= 0.3 is 5.97 Å². The van der Waals surface area contributed by atoms with Gasteiger partial charge in [0.2, 0.25) is 0 Å². The van der Waals surface area contributed by atoms with Gasteiger partial charge in [0.1, 0.15) is 6.10 Å². The predicted molar refractivity (Wildman–Crippen MR) is 52.2 cm³/mol. The van der Waals surface area contributed by atoms with Gasteiger partial charge in [-0.3, -0.25) is 0 Å². The number of allylic oxidation sites excluding steroid dienone is 1. The highest BCUT2D eigenvalue weighted by Gasteiger charge is 2.26. The van der Waals surface area contributed by atoms with E-state index in [0.29, 0.717) is 0 Å². The van der Waals surface area contributed by atoms with Crippen molar-refractivity contribution in [1.82, 2.24) is 0 Å². The molecule has 1 atom stereocenters. The lowest BCUT2D eigenvalue weighted by atomic mass is 10.00. The average Bonchev–Trinajstić information content (AvgIpc) is 2.12. The topological polar surface area (TPSA) is 87.0 Å². The maximum atomic E-state index is 11.4. The van der Waals surface area contributed by atoms with Crippen molar-refractivity contribution in [2.24, 2.45) is 0 Å². The molecule has 0 bridgehead atoms. The molecule has 0 amide bonds. The van der Waals surface area contributed by atoms with Gasteiger partial charge in [-0.1, -0.05) is 0 Å². The Hall–Kier alpha value is -1.49. The van der Waals surface area contributed by atoms with Gasteiger partial charge in [-0.15, -0.1) is 0 Å². The quantitative estimate of drug-likeness (QED) is 0.596. The molecule has 15 heavy (non-hydrogen) atoms. The van der Waals surface area contributed by atoms with Crippen molar-refractivity contribution in [3.63, 3.8) is 0 Å². The third kappa shape index (κ3) is 2.73. The fraction of sp³-hybridized carbons (Fsp3) is 0.500. The van der Waals surface area contributed by atoms with Gasteiger partial charge in [0.15, 0.2) is 11.5 Å². The molecular weight excluding hydrogens is 200 g/mol. The fourth-order valence-electron chi connectivity index (χ4n) is 1.21. The van der Waals surface area contributed by atoms with Crippen molar-refractivity contribution < 1.29 is 24.9 Å². The molecule has 5 heteroatoms. The summed E-state index contributed by atoms with van der Waals surface area (Å²) in [6.07, 6.45) is -0.462. The van der Waals surface area contributed by atoms with Gasteiger partial charge in [-0.25, -0.2) is 4.79 Å². The van der Waals surface area contributed by atoms with E-state index in [-0.39, 0.29) is 18.1 Å². The van der Waals surface area contributed by atoms with Gasteiger partial charge < -0.3 is 20.1 Å². The van der Waals surface area contributed by atoms with Crippen molar-refractivity contribution in [3.8, 4) is 0 Å². The van der Waals surface area contributed by atoms with Crippen LogP contribution in [-0.4, -0.2) is 33.5 Å². The van der Waals surface area contributed by atoms with E-state index in [9.17, 15) is 15.0 Å². The molecular formula is C10H14O5. The smallest absolute Gasteiger partial charge is 0.334 e. The van der Waals surface area contributed by atoms with E-state index in [1.807, 2.05) is 0 Å². The second-order valence-corrected chi connectivity index (χ2v) is 3.61. The molecule has 5 nitrogen and oxygen atoms in total. The summed E-state index contributed by atoms with van der Waals surface area (Å²) in [4.78, 5) is 11.4. The highest BCUT2D eigenvalue weighted by atomic mass is 16.5. The van der Waals surface area contributed by atoms with Crippen LogP contribution in [0, 0.1) is 0 Å². The molecule has 0 saturated carbocycles. The second-order valence-electron chi connectivity index (χ2n) is 3.61. The van der Waals surface area contributed by atoms with Crippen molar-refractivity contribution >= 4 is 5.97 Å². The van der Waals surface area contributed by atoms with Crippen LogP contribution in [0.4, 0.5) is 0 Å². The lowest BCUT2D eigenvalue weighted by molar-refractivity contribution is -0.143. The van der Waals surface area contributed by atoms with E-state index < -0.39 is 23.6 Å². The summed E-state index contributed by atoms with van der Waals surface area (Å²) in [6.45, 7) is 3.40. The van der Waals surface area contributed by atoms with E-state index in [2.05, 4.69) is 0 Å². The number of carbonyl (C=O) groups is 1. The Bertz CT molecular complexity index is 327. The first-order chi connectivity index (χ1) is 6.91. The Morgan fingerprint density at radius 3 is 2.60 bits per heavy atom. The van der Waals surface area contributed by atoms with Crippen molar-refractivity contribution in [3.05, 3.63) is 23.2 Å². The summed E-state index contributed by atoms with van der Waals surface area (Å²) < 4.78 is 4.89. The molecule has 3 N–H and O–H groups in total. The van der Waals surface area contributed by atoms with Crippen LogP contribution in [0.5, 0.6) is 0 Å². The third-order valence-corrected chi connectivity index (χ3v) is 1.91. The highest BCUT2D eigenvalue weighted by Crippen LogP contribution is 2.22. The van der Waals surface area contributed by atoms with E-state index in [1.54, 1.807) is 13.8 Å². The molecule has 0 aromatic rings. The summed E-state index contributed by atoms with van der Waals surface area (Å²) in [6, 6.07) is 0. The predicted octanol–water partition coefficient (Wildman–Crippen LogP) is 0.957. The zero-order chi connectivity index (χ0) is 11.6. The number of hydrogen-bond acceptors (Lipinski definition) is 5. The van der Waals surface area contributed by atoms with Gasteiger partial charge in [0.05, 0.1) is 6.10 Å². The first-order valence-electron chi connectivity index (χ1n) is 4.63. The number of ether oxygens (including phenoxy) is 1.